The molecule has 168 valence electrons. The normalized spacial score (nSPS) is 8.60. The van der Waals surface area contributed by atoms with Gasteiger partial charge in [-0.05, 0) is 24.3 Å². The van der Waals surface area contributed by atoms with E-state index in [0.29, 0.717) is 13.2 Å². The molecule has 0 aliphatic rings. The number of rotatable bonds is 8. The van der Waals surface area contributed by atoms with E-state index in [0.717, 1.165) is 11.5 Å². The second kappa shape index (κ2) is 21.7. The maximum Gasteiger partial charge on any atom is 0.503 e. The highest BCUT2D eigenvalue weighted by Crippen LogP contribution is 2.08. The van der Waals surface area contributed by atoms with Crippen molar-refractivity contribution >= 4 is 12.3 Å². The summed E-state index contributed by atoms with van der Waals surface area (Å²) in [5.74, 6) is 1.56. The zero-order valence-electron chi connectivity index (χ0n) is 15.7. The van der Waals surface area contributed by atoms with E-state index in [2.05, 4.69) is 9.78 Å². The molecule has 0 aliphatic carbocycles. The molecule has 2 aromatic carbocycles. The van der Waals surface area contributed by atoms with Gasteiger partial charge in [0.05, 0.1) is 0 Å². The highest BCUT2D eigenvalue weighted by atomic mass is 17.1. The van der Waals surface area contributed by atoms with Crippen molar-refractivity contribution in [2.45, 2.75) is 0 Å². The summed E-state index contributed by atoms with van der Waals surface area (Å²) in [5.41, 5.74) is 0. The first-order chi connectivity index (χ1) is 14.3. The topological polar surface area (TPSA) is 192 Å². The van der Waals surface area contributed by atoms with Gasteiger partial charge in [0.1, 0.15) is 37.9 Å². The predicted molar refractivity (Wildman–Crippen MR) is 102 cm³/mol. The molecule has 0 amide bonds. The molecule has 0 bridgehead atoms. The minimum absolute atomic E-state index is 0.189. The Hall–Kier alpha value is -3.58. The second-order valence-corrected chi connectivity index (χ2v) is 4.55. The maximum atomic E-state index is 8.56. The molecule has 12 heteroatoms. The maximum absolute atomic E-state index is 8.56. The summed E-state index contributed by atoms with van der Waals surface area (Å²) in [5, 5.41) is 43.8. The van der Waals surface area contributed by atoms with E-state index in [1.807, 2.05) is 60.7 Å². The van der Waals surface area contributed by atoms with Gasteiger partial charge >= 0.3 is 12.3 Å². The molecule has 2 aromatic rings. The summed E-state index contributed by atoms with van der Waals surface area (Å²) >= 11 is 0. The molecular formula is C18H24O12. The third-order valence-corrected chi connectivity index (χ3v) is 2.37. The van der Waals surface area contributed by atoms with Gasteiger partial charge in [0.15, 0.2) is 0 Å². The largest absolute Gasteiger partial charge is 0.503 e. The molecular weight excluding hydrogens is 408 g/mol. The standard InChI is InChI=1S/2C8H10O3.2CH2O3/c2*9-11-7-6-10-8-4-2-1-3-5-8;2*2-1(3)4/h2*1-5,9H,6-7H2;2*(H2,2,3,4). The minimum atomic E-state index is -1.83. The summed E-state index contributed by atoms with van der Waals surface area (Å²) in [6, 6.07) is 18.7. The van der Waals surface area contributed by atoms with Gasteiger partial charge in [-0.3, -0.25) is 10.5 Å². The first kappa shape index (κ1) is 28.6. The molecule has 0 aliphatic heterocycles. The highest BCUT2D eigenvalue weighted by molar-refractivity contribution is 5.53. The van der Waals surface area contributed by atoms with E-state index in [-0.39, 0.29) is 13.2 Å². The number of ether oxygens (including phenoxy) is 2. The lowest BCUT2D eigenvalue weighted by Crippen LogP contribution is -2.03. The fourth-order valence-corrected chi connectivity index (χ4v) is 1.43. The van der Waals surface area contributed by atoms with Gasteiger partial charge < -0.3 is 29.9 Å². The zero-order valence-corrected chi connectivity index (χ0v) is 15.7. The van der Waals surface area contributed by atoms with Gasteiger partial charge in [0.2, 0.25) is 0 Å². The smallest absolute Gasteiger partial charge is 0.491 e. The van der Waals surface area contributed by atoms with Crippen LogP contribution in [-0.2, 0) is 9.78 Å². The average Bonchev–Trinajstić information content (AvgIpc) is 2.70. The van der Waals surface area contributed by atoms with Crippen LogP contribution in [0.15, 0.2) is 60.7 Å². The molecule has 6 N–H and O–H groups in total. The van der Waals surface area contributed by atoms with Crippen molar-refractivity contribution in [2.24, 2.45) is 0 Å². The van der Waals surface area contributed by atoms with Crippen molar-refractivity contribution in [1.82, 2.24) is 0 Å². The van der Waals surface area contributed by atoms with E-state index in [4.69, 9.17) is 50.0 Å². The third-order valence-electron chi connectivity index (χ3n) is 2.37. The Balaban J connectivity index is 0. The monoisotopic (exact) mass is 432 g/mol. The van der Waals surface area contributed by atoms with Crippen LogP contribution in [0, 0.1) is 0 Å². The number of benzene rings is 2. The SMILES string of the molecule is O=C(O)O.O=C(O)O.OOCCOc1ccccc1.OOCCOc1ccccc1. The molecule has 0 fully saturated rings. The first-order valence-electron chi connectivity index (χ1n) is 8.05. The van der Waals surface area contributed by atoms with Crippen LogP contribution in [0.2, 0.25) is 0 Å². The molecule has 2 rings (SSSR count). The van der Waals surface area contributed by atoms with Gasteiger partial charge in [0.25, 0.3) is 0 Å². The van der Waals surface area contributed by atoms with Crippen LogP contribution in [-0.4, -0.2) is 69.7 Å². The van der Waals surface area contributed by atoms with Crippen LogP contribution in [0.5, 0.6) is 11.5 Å². The molecule has 0 saturated carbocycles. The Morgan fingerprint density at radius 3 is 1.07 bits per heavy atom. The highest BCUT2D eigenvalue weighted by Gasteiger charge is 1.90. The fraction of sp³-hybridized carbons (Fsp3) is 0.222. The van der Waals surface area contributed by atoms with Gasteiger partial charge in [-0.15, -0.1) is 0 Å². The number of hydrogen-bond acceptors (Lipinski definition) is 8. The van der Waals surface area contributed by atoms with E-state index >= 15 is 0 Å². The van der Waals surface area contributed by atoms with E-state index < -0.39 is 12.3 Å². The van der Waals surface area contributed by atoms with Crippen molar-refractivity contribution in [3.8, 4) is 11.5 Å². The summed E-state index contributed by atoms with van der Waals surface area (Å²) in [4.78, 5) is 24.8. The second-order valence-electron chi connectivity index (χ2n) is 4.55. The molecule has 0 aromatic heterocycles. The Kier molecular flexibility index (Phi) is 20.7. The van der Waals surface area contributed by atoms with Crippen LogP contribution in [0.25, 0.3) is 0 Å². The Morgan fingerprint density at radius 2 is 0.833 bits per heavy atom. The van der Waals surface area contributed by atoms with Gasteiger partial charge in [-0.2, -0.15) is 0 Å². The lowest BCUT2D eigenvalue weighted by molar-refractivity contribution is -0.245. The molecule has 12 nitrogen and oxygen atoms in total. The van der Waals surface area contributed by atoms with Crippen LogP contribution in [0.4, 0.5) is 9.59 Å². The lowest BCUT2D eigenvalue weighted by atomic mass is 10.3. The molecule has 0 radical (unpaired) electrons. The van der Waals surface area contributed by atoms with Crippen molar-refractivity contribution in [3.63, 3.8) is 0 Å². The number of hydrogen-bond donors (Lipinski definition) is 6. The first-order valence-corrected chi connectivity index (χ1v) is 8.05. The molecule has 0 heterocycles. The van der Waals surface area contributed by atoms with E-state index in [9.17, 15) is 0 Å². The van der Waals surface area contributed by atoms with Gasteiger partial charge in [-0.25, -0.2) is 19.4 Å². The molecule has 30 heavy (non-hydrogen) atoms. The van der Waals surface area contributed by atoms with E-state index in [1.165, 1.54) is 0 Å². The molecule has 0 atom stereocenters. The van der Waals surface area contributed by atoms with Crippen molar-refractivity contribution in [3.05, 3.63) is 60.7 Å². The average molecular weight is 432 g/mol. The lowest BCUT2D eigenvalue weighted by Gasteiger charge is -2.02. The Labute approximate surface area is 171 Å². The summed E-state index contributed by atoms with van der Waals surface area (Å²) in [6.45, 7) is 1.10. The van der Waals surface area contributed by atoms with Gasteiger partial charge in [0, 0.05) is 0 Å². The number of carbonyl (C=O) groups is 2. The number of para-hydroxylation sites is 2. The van der Waals surface area contributed by atoms with Crippen molar-refractivity contribution in [1.29, 1.82) is 0 Å². The zero-order chi connectivity index (χ0) is 23.0. The summed E-state index contributed by atoms with van der Waals surface area (Å²) in [6.07, 6.45) is -3.67. The molecule has 0 unspecified atom stereocenters. The van der Waals surface area contributed by atoms with Crippen molar-refractivity contribution < 1.29 is 59.8 Å². The summed E-state index contributed by atoms with van der Waals surface area (Å²) in [7, 11) is 0. The quantitative estimate of drug-likeness (QED) is 0.202. The van der Waals surface area contributed by atoms with E-state index in [1.54, 1.807) is 0 Å². The third kappa shape index (κ3) is 26.6. The minimum Gasteiger partial charge on any atom is -0.491 e. The van der Waals surface area contributed by atoms with Crippen LogP contribution in [0.3, 0.4) is 0 Å². The van der Waals surface area contributed by atoms with Gasteiger partial charge in [-0.1, -0.05) is 36.4 Å². The van der Waals surface area contributed by atoms with Crippen molar-refractivity contribution in [2.75, 3.05) is 26.4 Å². The van der Waals surface area contributed by atoms with Crippen LogP contribution >= 0.6 is 0 Å². The molecule has 0 spiro atoms. The van der Waals surface area contributed by atoms with Crippen LogP contribution in [0.1, 0.15) is 0 Å². The fourth-order valence-electron chi connectivity index (χ4n) is 1.43. The molecule has 0 saturated heterocycles. The predicted octanol–water partition coefficient (Wildman–Crippen LogP) is 3.55. The Morgan fingerprint density at radius 1 is 0.567 bits per heavy atom. The summed E-state index contributed by atoms with van der Waals surface area (Å²) < 4.78 is 10.3. The Bertz CT molecular complexity index is 571. The van der Waals surface area contributed by atoms with Crippen LogP contribution < -0.4 is 9.47 Å². The number of carboxylic acid groups (broad SMARTS) is 4.